The van der Waals surface area contributed by atoms with Crippen molar-refractivity contribution in [3.05, 3.63) is 24.3 Å². The molecule has 31 heavy (non-hydrogen) atoms. The zero-order valence-electron chi connectivity index (χ0n) is 18.9. The number of nitrogens with one attached hydrogen (secondary N) is 2. The zero-order valence-corrected chi connectivity index (χ0v) is 18.9. The van der Waals surface area contributed by atoms with Crippen LogP contribution in [0.15, 0.2) is 24.3 Å². The van der Waals surface area contributed by atoms with Gasteiger partial charge in [-0.2, -0.15) is 0 Å². The van der Waals surface area contributed by atoms with Crippen molar-refractivity contribution in [1.29, 1.82) is 0 Å². The molecular formula is C23H35N5O3. The summed E-state index contributed by atoms with van der Waals surface area (Å²) in [6.45, 7) is 10.5. The molecular weight excluding hydrogens is 394 g/mol. The quantitative estimate of drug-likeness (QED) is 0.719. The van der Waals surface area contributed by atoms with Crippen molar-refractivity contribution < 1.29 is 14.4 Å². The maximum Gasteiger partial charge on any atom is 0.238 e. The highest BCUT2D eigenvalue weighted by Gasteiger charge is 2.25. The Morgan fingerprint density at radius 1 is 0.903 bits per heavy atom. The van der Waals surface area contributed by atoms with E-state index in [1.165, 1.54) is 0 Å². The maximum atomic E-state index is 12.7. The van der Waals surface area contributed by atoms with Gasteiger partial charge in [0.2, 0.25) is 17.7 Å². The topological polar surface area (TPSA) is 85.0 Å². The first-order chi connectivity index (χ1) is 14.7. The van der Waals surface area contributed by atoms with E-state index >= 15 is 0 Å². The number of carbonyl (C=O) groups is 3. The molecule has 2 N–H and O–H groups in total. The third-order valence-corrected chi connectivity index (χ3v) is 5.47. The molecule has 0 aromatic heterocycles. The van der Waals surface area contributed by atoms with Gasteiger partial charge in [0.1, 0.15) is 0 Å². The third-order valence-electron chi connectivity index (χ3n) is 5.47. The Balaban J connectivity index is 1.51. The first-order valence-electron chi connectivity index (χ1n) is 11.2. The number of para-hydroxylation sites is 2. The Labute approximate surface area is 184 Å². The summed E-state index contributed by atoms with van der Waals surface area (Å²) in [5.41, 5.74) is 1.21. The fourth-order valence-electron chi connectivity index (χ4n) is 4.11. The minimum Gasteiger partial charge on any atom is -0.350 e. The summed E-state index contributed by atoms with van der Waals surface area (Å²) >= 11 is 0. The average Bonchev–Trinajstić information content (AvgIpc) is 2.98. The highest BCUT2D eigenvalue weighted by Crippen LogP contribution is 2.29. The molecule has 3 rings (SSSR count). The summed E-state index contributed by atoms with van der Waals surface area (Å²) in [4.78, 5) is 43.1. The normalized spacial score (nSPS) is 18.7. The monoisotopic (exact) mass is 429 g/mol. The van der Waals surface area contributed by atoms with E-state index in [0.29, 0.717) is 31.7 Å². The van der Waals surface area contributed by atoms with Crippen LogP contribution in [0, 0.1) is 0 Å². The zero-order chi connectivity index (χ0) is 22.4. The average molecular weight is 430 g/mol. The minimum absolute atomic E-state index is 0.0340. The second-order valence-corrected chi connectivity index (χ2v) is 9.42. The van der Waals surface area contributed by atoms with E-state index in [2.05, 4.69) is 20.4 Å². The van der Waals surface area contributed by atoms with E-state index in [4.69, 9.17) is 0 Å². The number of amides is 3. The van der Waals surface area contributed by atoms with E-state index in [9.17, 15) is 14.4 Å². The lowest BCUT2D eigenvalue weighted by atomic mass is 10.1. The number of hydrogen-bond acceptors (Lipinski definition) is 5. The lowest BCUT2D eigenvalue weighted by molar-refractivity contribution is -0.123. The second kappa shape index (κ2) is 10.2. The number of anilines is 2. The van der Waals surface area contributed by atoms with Crippen molar-refractivity contribution in [1.82, 2.24) is 15.1 Å². The smallest absolute Gasteiger partial charge is 0.238 e. The minimum atomic E-state index is -0.233. The number of hydrogen-bond donors (Lipinski definition) is 2. The van der Waals surface area contributed by atoms with Crippen LogP contribution in [-0.2, 0) is 14.4 Å². The third kappa shape index (κ3) is 7.04. The molecule has 0 spiro atoms. The van der Waals surface area contributed by atoms with Crippen LogP contribution < -0.4 is 15.5 Å². The SMILES string of the molecule is CC(C)(C)NC(=O)CN1CCCN(CC(=O)Nc2ccccc2N2CCCC2=O)CC1. The van der Waals surface area contributed by atoms with Crippen molar-refractivity contribution in [3.8, 4) is 0 Å². The van der Waals surface area contributed by atoms with E-state index in [-0.39, 0.29) is 23.3 Å². The highest BCUT2D eigenvalue weighted by atomic mass is 16.2. The highest BCUT2D eigenvalue weighted by molar-refractivity contribution is 6.02. The van der Waals surface area contributed by atoms with Crippen LogP contribution in [0.1, 0.15) is 40.0 Å². The molecule has 8 heteroatoms. The van der Waals surface area contributed by atoms with E-state index in [1.807, 2.05) is 45.0 Å². The van der Waals surface area contributed by atoms with Crippen LogP contribution in [-0.4, -0.2) is 78.9 Å². The van der Waals surface area contributed by atoms with Gasteiger partial charge in [-0.1, -0.05) is 12.1 Å². The van der Waals surface area contributed by atoms with E-state index < -0.39 is 0 Å². The van der Waals surface area contributed by atoms with Gasteiger partial charge in [-0.3, -0.25) is 24.2 Å². The summed E-state index contributed by atoms with van der Waals surface area (Å²) in [6.07, 6.45) is 2.31. The standard InChI is InChI=1S/C23H35N5O3/c1-23(2,3)25-21(30)17-27-12-7-11-26(14-15-27)16-20(29)24-18-8-4-5-9-19(18)28-13-6-10-22(28)31/h4-5,8-9H,6-7,10-17H2,1-3H3,(H,24,29)(H,25,30). The summed E-state index contributed by atoms with van der Waals surface area (Å²) in [7, 11) is 0. The van der Waals surface area contributed by atoms with Gasteiger partial charge < -0.3 is 15.5 Å². The molecule has 1 aromatic carbocycles. The summed E-state index contributed by atoms with van der Waals surface area (Å²) in [5, 5.41) is 6.00. The van der Waals surface area contributed by atoms with Gasteiger partial charge in [0, 0.05) is 31.6 Å². The van der Waals surface area contributed by atoms with Gasteiger partial charge >= 0.3 is 0 Å². The molecule has 170 valence electrons. The van der Waals surface area contributed by atoms with Crippen LogP contribution in [0.2, 0.25) is 0 Å². The molecule has 1 aromatic rings. The molecule has 2 heterocycles. The molecule has 0 aliphatic carbocycles. The van der Waals surface area contributed by atoms with Gasteiger partial charge in [0.05, 0.1) is 24.5 Å². The van der Waals surface area contributed by atoms with Crippen LogP contribution >= 0.6 is 0 Å². The van der Waals surface area contributed by atoms with Gasteiger partial charge in [-0.05, 0) is 58.8 Å². The maximum absolute atomic E-state index is 12.7. The molecule has 3 amide bonds. The van der Waals surface area contributed by atoms with Crippen LogP contribution in [0.25, 0.3) is 0 Å². The van der Waals surface area contributed by atoms with Crippen molar-refractivity contribution in [2.24, 2.45) is 0 Å². The molecule has 8 nitrogen and oxygen atoms in total. The summed E-state index contributed by atoms with van der Waals surface area (Å²) < 4.78 is 0. The predicted molar refractivity (Wildman–Crippen MR) is 122 cm³/mol. The Bertz CT molecular complexity index is 805. The number of carbonyl (C=O) groups excluding carboxylic acids is 3. The Kier molecular flexibility index (Phi) is 7.67. The first-order valence-corrected chi connectivity index (χ1v) is 11.2. The van der Waals surface area contributed by atoms with Crippen LogP contribution in [0.4, 0.5) is 11.4 Å². The Hall–Kier alpha value is -2.45. The van der Waals surface area contributed by atoms with Gasteiger partial charge in [0.15, 0.2) is 0 Å². The summed E-state index contributed by atoms with van der Waals surface area (Å²) in [5.74, 6) is 0.0505. The predicted octanol–water partition coefficient (Wildman–Crippen LogP) is 1.67. The lowest BCUT2D eigenvalue weighted by Gasteiger charge is -2.25. The Morgan fingerprint density at radius 3 is 2.16 bits per heavy atom. The first kappa shape index (κ1) is 23.2. The molecule has 2 aliphatic rings. The van der Waals surface area contributed by atoms with Crippen molar-refractivity contribution in [3.63, 3.8) is 0 Å². The number of rotatable bonds is 6. The summed E-state index contributed by atoms with van der Waals surface area (Å²) in [6, 6.07) is 7.48. The molecule has 0 unspecified atom stereocenters. The molecule has 0 bridgehead atoms. The molecule has 0 atom stereocenters. The van der Waals surface area contributed by atoms with Crippen molar-refractivity contribution in [2.45, 2.75) is 45.6 Å². The largest absolute Gasteiger partial charge is 0.350 e. The molecule has 2 aliphatic heterocycles. The lowest BCUT2D eigenvalue weighted by Crippen LogP contribution is -2.46. The molecule has 0 radical (unpaired) electrons. The second-order valence-electron chi connectivity index (χ2n) is 9.42. The van der Waals surface area contributed by atoms with Crippen molar-refractivity contribution >= 4 is 29.1 Å². The van der Waals surface area contributed by atoms with Gasteiger partial charge in [-0.15, -0.1) is 0 Å². The fraction of sp³-hybridized carbons (Fsp3) is 0.609. The molecule has 2 saturated heterocycles. The molecule has 2 fully saturated rings. The van der Waals surface area contributed by atoms with Crippen LogP contribution in [0.5, 0.6) is 0 Å². The van der Waals surface area contributed by atoms with E-state index in [0.717, 1.165) is 44.7 Å². The Morgan fingerprint density at radius 2 is 1.55 bits per heavy atom. The fourth-order valence-corrected chi connectivity index (χ4v) is 4.11. The molecule has 0 saturated carbocycles. The number of benzene rings is 1. The van der Waals surface area contributed by atoms with Gasteiger partial charge in [0.25, 0.3) is 0 Å². The van der Waals surface area contributed by atoms with Crippen LogP contribution in [0.3, 0.4) is 0 Å². The van der Waals surface area contributed by atoms with E-state index in [1.54, 1.807) is 4.90 Å². The van der Waals surface area contributed by atoms with Crippen molar-refractivity contribution in [2.75, 3.05) is 56.0 Å². The van der Waals surface area contributed by atoms with Gasteiger partial charge in [-0.25, -0.2) is 0 Å². The number of nitrogens with zero attached hydrogens (tertiary/aromatic N) is 3.